The van der Waals surface area contributed by atoms with Gasteiger partial charge in [0.05, 0.1) is 6.54 Å². The second kappa shape index (κ2) is 10.4. The number of nitrogens with zero attached hydrogens (tertiary/aromatic N) is 1. The smallest absolute Gasteiger partial charge is 0.261 e. The van der Waals surface area contributed by atoms with Crippen LogP contribution in [-0.2, 0) is 13.1 Å². The van der Waals surface area contributed by atoms with Crippen molar-refractivity contribution in [2.75, 3.05) is 13.1 Å². The summed E-state index contributed by atoms with van der Waals surface area (Å²) in [5.41, 5.74) is 2.10. The van der Waals surface area contributed by atoms with Gasteiger partial charge in [0.2, 0.25) is 0 Å². The molecule has 1 unspecified atom stereocenters. The molecule has 1 amide bonds. The van der Waals surface area contributed by atoms with Crippen molar-refractivity contribution in [3.8, 4) is 0 Å². The molecular weight excluding hydrogens is 442 g/mol. The van der Waals surface area contributed by atoms with Crippen LogP contribution in [0.5, 0.6) is 0 Å². The summed E-state index contributed by atoms with van der Waals surface area (Å²) in [5, 5.41) is 4.06. The number of aromatic nitrogens is 1. The number of pyridine rings is 1. The van der Waals surface area contributed by atoms with Gasteiger partial charge in [-0.05, 0) is 73.5 Å². The second-order valence-corrected chi connectivity index (χ2v) is 10.1. The summed E-state index contributed by atoms with van der Waals surface area (Å²) < 4.78 is 1.19. The molecule has 5 rings (SSSR count). The van der Waals surface area contributed by atoms with Crippen molar-refractivity contribution in [1.82, 2.24) is 15.2 Å². The molecule has 1 saturated heterocycles. The number of fused-ring (bicyclic) bond motifs is 1. The van der Waals surface area contributed by atoms with E-state index in [4.69, 9.17) is 0 Å². The predicted molar refractivity (Wildman–Crippen MR) is 138 cm³/mol. The minimum absolute atomic E-state index is 0.157. The third kappa shape index (κ3) is 5.29. The molecule has 1 atom stereocenters. The number of nitrogens with one attached hydrogen (secondary N) is 2. The van der Waals surface area contributed by atoms with Gasteiger partial charge < -0.3 is 10.3 Å². The molecule has 174 valence electrons. The molecule has 0 radical (unpaired) electrons. The Bertz CT molecular complexity index is 1300. The number of rotatable bonds is 6. The number of amides is 1. The molecule has 1 fully saturated rings. The summed E-state index contributed by atoms with van der Waals surface area (Å²) in [6.07, 6.45) is 3.45. The fourth-order valence-electron chi connectivity index (χ4n) is 4.79. The zero-order valence-corrected chi connectivity index (χ0v) is 19.9. The highest BCUT2D eigenvalue weighted by Crippen LogP contribution is 2.28. The first-order valence-electron chi connectivity index (χ1n) is 11.9. The Balaban J connectivity index is 1.18. The molecule has 2 aromatic heterocycles. The zero-order valence-electron chi connectivity index (χ0n) is 19.1. The van der Waals surface area contributed by atoms with E-state index < -0.39 is 0 Å². The van der Waals surface area contributed by atoms with E-state index in [1.807, 2.05) is 18.2 Å². The summed E-state index contributed by atoms with van der Waals surface area (Å²) in [6.45, 7) is 3.12. The molecule has 6 heteroatoms. The van der Waals surface area contributed by atoms with Crippen molar-refractivity contribution < 1.29 is 4.79 Å². The average molecular weight is 472 g/mol. The fourth-order valence-corrected chi connectivity index (χ4v) is 5.79. The highest BCUT2D eigenvalue weighted by atomic mass is 32.1. The van der Waals surface area contributed by atoms with Crippen molar-refractivity contribution in [2.45, 2.75) is 38.3 Å². The van der Waals surface area contributed by atoms with E-state index in [9.17, 15) is 9.59 Å². The minimum Gasteiger partial charge on any atom is -0.347 e. The Morgan fingerprint density at radius 1 is 1.00 bits per heavy atom. The van der Waals surface area contributed by atoms with Gasteiger partial charge in [0.25, 0.3) is 11.5 Å². The number of likely N-dealkylation sites (tertiary alicyclic amines) is 1. The van der Waals surface area contributed by atoms with Gasteiger partial charge in [0, 0.05) is 21.8 Å². The van der Waals surface area contributed by atoms with Crippen LogP contribution in [0, 0.1) is 0 Å². The molecule has 1 aliphatic heterocycles. The molecule has 34 heavy (non-hydrogen) atoms. The van der Waals surface area contributed by atoms with Gasteiger partial charge in [0.15, 0.2) is 0 Å². The summed E-state index contributed by atoms with van der Waals surface area (Å²) in [6, 6.07) is 24.5. The summed E-state index contributed by atoms with van der Waals surface area (Å²) >= 11 is 1.65. The van der Waals surface area contributed by atoms with Crippen molar-refractivity contribution >= 4 is 27.3 Å². The van der Waals surface area contributed by atoms with Gasteiger partial charge in [-0.3, -0.25) is 14.5 Å². The van der Waals surface area contributed by atoms with E-state index in [0.717, 1.165) is 36.5 Å². The summed E-state index contributed by atoms with van der Waals surface area (Å²) in [7, 11) is 0. The maximum absolute atomic E-state index is 12.6. The van der Waals surface area contributed by atoms with Gasteiger partial charge in [0.1, 0.15) is 5.56 Å². The first-order chi connectivity index (χ1) is 16.7. The van der Waals surface area contributed by atoms with E-state index in [1.54, 1.807) is 17.4 Å². The Morgan fingerprint density at radius 2 is 1.82 bits per heavy atom. The minimum atomic E-state index is -0.342. The van der Waals surface area contributed by atoms with Crippen LogP contribution in [0.2, 0.25) is 0 Å². The van der Waals surface area contributed by atoms with E-state index in [-0.39, 0.29) is 17.0 Å². The zero-order chi connectivity index (χ0) is 23.3. The van der Waals surface area contributed by atoms with Crippen molar-refractivity contribution in [1.29, 1.82) is 0 Å². The van der Waals surface area contributed by atoms with E-state index in [0.29, 0.717) is 19.0 Å². The Morgan fingerprint density at radius 3 is 2.65 bits per heavy atom. The first-order valence-corrected chi connectivity index (χ1v) is 12.7. The molecule has 2 aromatic carbocycles. The lowest BCUT2D eigenvalue weighted by atomic mass is 9.92. The highest BCUT2D eigenvalue weighted by molar-refractivity contribution is 7.19. The molecule has 2 N–H and O–H groups in total. The van der Waals surface area contributed by atoms with Crippen molar-refractivity contribution in [3.63, 3.8) is 0 Å². The van der Waals surface area contributed by atoms with Crippen LogP contribution in [0.3, 0.4) is 0 Å². The van der Waals surface area contributed by atoms with E-state index >= 15 is 0 Å². The van der Waals surface area contributed by atoms with E-state index in [1.165, 1.54) is 22.1 Å². The number of aromatic amines is 1. The van der Waals surface area contributed by atoms with Crippen LogP contribution in [0.1, 0.15) is 51.7 Å². The first kappa shape index (κ1) is 22.6. The maximum Gasteiger partial charge on any atom is 0.261 e. The normalized spacial score (nSPS) is 16.9. The number of benzene rings is 2. The molecule has 4 aromatic rings. The molecule has 1 aliphatic rings. The Kier molecular flexibility index (Phi) is 6.88. The van der Waals surface area contributed by atoms with Crippen molar-refractivity contribution in [2.24, 2.45) is 0 Å². The van der Waals surface area contributed by atoms with Crippen LogP contribution in [-0.4, -0.2) is 28.9 Å². The van der Waals surface area contributed by atoms with Gasteiger partial charge >= 0.3 is 0 Å². The molecule has 0 saturated carbocycles. The second-order valence-electron chi connectivity index (χ2n) is 8.97. The number of hydrogen-bond donors (Lipinski definition) is 2. The third-order valence-corrected chi connectivity index (χ3v) is 7.72. The Labute approximate surface area is 203 Å². The molecule has 5 nitrogen and oxygen atoms in total. The summed E-state index contributed by atoms with van der Waals surface area (Å²) in [5.74, 6) is 0.253. The number of carbonyl (C=O) groups excluding carboxylic acids is 1. The van der Waals surface area contributed by atoms with Gasteiger partial charge in [-0.15, -0.1) is 11.3 Å². The molecule has 0 aliphatic carbocycles. The SMILES string of the molecule is O=C(NCc1cc2ccccc2s1)c1ccc(CN2CCCC(c3ccccc3)CC2)[nH]c1=O. The lowest BCUT2D eigenvalue weighted by Gasteiger charge is -2.20. The standard InChI is InChI=1S/C28H29N3O2S/c32-27(29-18-24-17-22-9-4-5-11-26(22)34-24)25-13-12-23(30-28(25)33)19-31-15-6-10-21(14-16-31)20-7-2-1-3-8-20/h1-5,7-9,11-13,17,21H,6,10,14-16,18-19H2,(H,29,32)(H,30,33). The van der Waals surface area contributed by atoms with Crippen LogP contribution < -0.4 is 10.9 Å². The predicted octanol–water partition coefficient (Wildman–Crippen LogP) is 5.29. The van der Waals surface area contributed by atoms with Crippen molar-refractivity contribution in [3.05, 3.63) is 105 Å². The molecule has 0 bridgehead atoms. The van der Waals surface area contributed by atoms with Crippen LogP contribution in [0.25, 0.3) is 10.1 Å². The Hall–Kier alpha value is -3.22. The number of thiophene rings is 1. The lowest BCUT2D eigenvalue weighted by Crippen LogP contribution is -2.30. The third-order valence-electron chi connectivity index (χ3n) is 6.60. The monoisotopic (exact) mass is 471 g/mol. The number of H-pyrrole nitrogens is 1. The molecule has 0 spiro atoms. The molecule has 3 heterocycles. The van der Waals surface area contributed by atoms with Gasteiger partial charge in [-0.25, -0.2) is 0 Å². The maximum atomic E-state index is 12.6. The molecular formula is C28H29N3O2S. The quantitative estimate of drug-likeness (QED) is 0.402. The highest BCUT2D eigenvalue weighted by Gasteiger charge is 2.19. The van der Waals surface area contributed by atoms with Gasteiger partial charge in [-0.2, -0.15) is 0 Å². The topological polar surface area (TPSA) is 65.2 Å². The fraction of sp³-hybridized carbons (Fsp3) is 0.286. The number of carbonyl (C=O) groups is 1. The van der Waals surface area contributed by atoms with Crippen LogP contribution in [0.4, 0.5) is 0 Å². The average Bonchev–Trinajstić information content (AvgIpc) is 3.14. The van der Waals surface area contributed by atoms with Crippen LogP contribution >= 0.6 is 11.3 Å². The van der Waals surface area contributed by atoms with Crippen LogP contribution in [0.15, 0.2) is 77.6 Å². The number of hydrogen-bond acceptors (Lipinski definition) is 4. The largest absolute Gasteiger partial charge is 0.347 e. The van der Waals surface area contributed by atoms with Gasteiger partial charge in [-0.1, -0.05) is 48.5 Å². The summed E-state index contributed by atoms with van der Waals surface area (Å²) in [4.78, 5) is 31.7. The van der Waals surface area contributed by atoms with E-state index in [2.05, 4.69) is 63.7 Å². The lowest BCUT2D eigenvalue weighted by molar-refractivity contribution is 0.0949.